The number of carboxylic acid groups (broad SMARTS) is 1. The first kappa shape index (κ1) is 16.6. The van der Waals surface area contributed by atoms with Crippen LogP contribution in [-0.2, 0) is 14.8 Å². The summed E-state index contributed by atoms with van der Waals surface area (Å²) in [5, 5.41) is 9.07. The molecule has 22 heavy (non-hydrogen) atoms. The summed E-state index contributed by atoms with van der Waals surface area (Å²) in [6.45, 7) is 1.99. The number of piperidine rings is 1. The number of hydrogen-bond acceptors (Lipinski definition) is 4. The molecule has 0 bridgehead atoms. The highest BCUT2D eigenvalue weighted by molar-refractivity contribution is 7.89. The molecule has 0 saturated carbocycles. The maximum atomic E-state index is 12.6. The maximum Gasteiger partial charge on any atom is 0.307 e. The van der Waals surface area contributed by atoms with Gasteiger partial charge in [-0.2, -0.15) is 4.31 Å². The fourth-order valence-corrected chi connectivity index (χ4v) is 4.12. The minimum atomic E-state index is -3.77. The van der Waals surface area contributed by atoms with E-state index < -0.39 is 21.9 Å². The van der Waals surface area contributed by atoms with Crippen molar-refractivity contribution >= 4 is 21.8 Å². The summed E-state index contributed by atoms with van der Waals surface area (Å²) in [6, 6.07) is 5.92. The Morgan fingerprint density at radius 3 is 2.73 bits per heavy atom. The van der Waals surface area contributed by atoms with E-state index in [4.69, 9.17) is 5.11 Å². The summed E-state index contributed by atoms with van der Waals surface area (Å²) in [5.74, 6) is -1.78. The quantitative estimate of drug-likeness (QED) is 0.833. The van der Waals surface area contributed by atoms with E-state index in [1.165, 1.54) is 22.5 Å². The van der Waals surface area contributed by atoms with Gasteiger partial charge in [-0.05, 0) is 25.0 Å². The molecule has 0 aromatic heterocycles. The van der Waals surface area contributed by atoms with Crippen LogP contribution in [0.2, 0.25) is 0 Å². The molecule has 0 radical (unpaired) electrons. The number of carbonyl (C=O) groups is 2. The van der Waals surface area contributed by atoms with Crippen LogP contribution in [0.3, 0.4) is 0 Å². The molecule has 0 aliphatic carbocycles. The van der Waals surface area contributed by atoms with Gasteiger partial charge in [0.2, 0.25) is 10.0 Å². The molecule has 7 heteroatoms. The Morgan fingerprint density at radius 1 is 1.36 bits per heavy atom. The number of carbonyl (C=O) groups excluding carboxylic acids is 1. The fourth-order valence-electron chi connectivity index (χ4n) is 2.55. The highest BCUT2D eigenvalue weighted by Crippen LogP contribution is 2.24. The molecule has 1 aliphatic rings. The SMILES string of the molecule is CCC(=O)c1cccc(S(=O)(=O)N2CCCC(C(=O)O)C2)c1. The van der Waals surface area contributed by atoms with E-state index >= 15 is 0 Å². The van der Waals surface area contributed by atoms with Crippen molar-refractivity contribution < 1.29 is 23.1 Å². The van der Waals surface area contributed by atoms with Crippen molar-refractivity contribution in [3.8, 4) is 0 Å². The van der Waals surface area contributed by atoms with E-state index in [0.717, 1.165) is 0 Å². The molecule has 1 heterocycles. The first-order valence-electron chi connectivity index (χ1n) is 7.22. The highest BCUT2D eigenvalue weighted by atomic mass is 32.2. The molecular weight excluding hydrogens is 306 g/mol. The van der Waals surface area contributed by atoms with Crippen molar-refractivity contribution in [3.05, 3.63) is 29.8 Å². The summed E-state index contributed by atoms with van der Waals surface area (Å²) in [4.78, 5) is 22.8. The van der Waals surface area contributed by atoms with E-state index in [1.807, 2.05) is 0 Å². The molecule has 1 aliphatic heterocycles. The third-order valence-electron chi connectivity index (χ3n) is 3.85. The van der Waals surface area contributed by atoms with Gasteiger partial charge >= 0.3 is 5.97 Å². The van der Waals surface area contributed by atoms with E-state index in [1.54, 1.807) is 13.0 Å². The molecule has 1 aromatic carbocycles. The van der Waals surface area contributed by atoms with Gasteiger partial charge in [0.15, 0.2) is 5.78 Å². The van der Waals surface area contributed by atoms with Gasteiger partial charge in [-0.1, -0.05) is 19.1 Å². The van der Waals surface area contributed by atoms with Crippen LogP contribution in [-0.4, -0.2) is 42.7 Å². The minimum absolute atomic E-state index is 0.0242. The Kier molecular flexibility index (Phi) is 4.97. The zero-order valence-corrected chi connectivity index (χ0v) is 13.2. The number of hydrogen-bond donors (Lipinski definition) is 1. The normalized spacial score (nSPS) is 19.8. The summed E-state index contributed by atoms with van der Waals surface area (Å²) in [5.41, 5.74) is 0.357. The summed E-state index contributed by atoms with van der Waals surface area (Å²) >= 11 is 0. The monoisotopic (exact) mass is 325 g/mol. The van der Waals surface area contributed by atoms with Crippen molar-refractivity contribution in [1.29, 1.82) is 0 Å². The highest BCUT2D eigenvalue weighted by Gasteiger charge is 2.33. The van der Waals surface area contributed by atoms with Crippen LogP contribution in [0.5, 0.6) is 0 Å². The van der Waals surface area contributed by atoms with E-state index in [9.17, 15) is 18.0 Å². The average molecular weight is 325 g/mol. The number of Topliss-reactive ketones (excluding diaryl/α,β-unsaturated/α-hetero) is 1. The van der Waals surface area contributed by atoms with Crippen molar-refractivity contribution in [3.63, 3.8) is 0 Å². The van der Waals surface area contributed by atoms with Crippen LogP contribution >= 0.6 is 0 Å². The van der Waals surface area contributed by atoms with Gasteiger partial charge in [0.1, 0.15) is 0 Å². The number of rotatable bonds is 5. The zero-order chi connectivity index (χ0) is 16.3. The minimum Gasteiger partial charge on any atom is -0.481 e. The molecule has 1 fully saturated rings. The number of carboxylic acids is 1. The molecule has 0 amide bonds. The lowest BCUT2D eigenvalue weighted by Gasteiger charge is -2.29. The second-order valence-electron chi connectivity index (χ2n) is 5.35. The van der Waals surface area contributed by atoms with Crippen molar-refractivity contribution in [2.45, 2.75) is 31.1 Å². The lowest BCUT2D eigenvalue weighted by Crippen LogP contribution is -2.42. The van der Waals surface area contributed by atoms with Crippen LogP contribution in [0.15, 0.2) is 29.2 Å². The second kappa shape index (κ2) is 6.58. The molecule has 1 atom stereocenters. The molecular formula is C15H19NO5S. The molecule has 6 nitrogen and oxygen atoms in total. The topological polar surface area (TPSA) is 91.8 Å². The number of sulfonamides is 1. The van der Waals surface area contributed by atoms with Crippen LogP contribution in [0.25, 0.3) is 0 Å². The smallest absolute Gasteiger partial charge is 0.307 e. The van der Waals surface area contributed by atoms with Gasteiger partial charge < -0.3 is 5.11 Å². The fraction of sp³-hybridized carbons (Fsp3) is 0.467. The van der Waals surface area contributed by atoms with Crippen molar-refractivity contribution in [1.82, 2.24) is 4.31 Å². The van der Waals surface area contributed by atoms with Gasteiger partial charge in [-0.3, -0.25) is 9.59 Å². The zero-order valence-electron chi connectivity index (χ0n) is 12.4. The van der Waals surface area contributed by atoms with E-state index in [0.29, 0.717) is 31.4 Å². The summed E-state index contributed by atoms with van der Waals surface area (Å²) in [7, 11) is -3.77. The molecule has 1 unspecified atom stereocenters. The third-order valence-corrected chi connectivity index (χ3v) is 5.71. The standard InChI is InChI=1S/C15H19NO5S/c1-2-14(17)11-5-3-7-13(9-11)22(20,21)16-8-4-6-12(10-16)15(18)19/h3,5,7,9,12H,2,4,6,8,10H2,1H3,(H,18,19). The number of aliphatic carboxylic acids is 1. The summed E-state index contributed by atoms with van der Waals surface area (Å²) in [6.07, 6.45) is 1.30. The van der Waals surface area contributed by atoms with Gasteiger partial charge in [0.05, 0.1) is 10.8 Å². The van der Waals surface area contributed by atoms with Gasteiger partial charge in [0.25, 0.3) is 0 Å². The molecule has 1 saturated heterocycles. The first-order valence-corrected chi connectivity index (χ1v) is 8.66. The lowest BCUT2D eigenvalue weighted by molar-refractivity contribution is -0.142. The van der Waals surface area contributed by atoms with Gasteiger partial charge in [0, 0.05) is 25.1 Å². The molecule has 120 valence electrons. The Bertz CT molecular complexity index is 683. The molecule has 1 aromatic rings. The Hall–Kier alpha value is -1.73. The Morgan fingerprint density at radius 2 is 2.09 bits per heavy atom. The summed E-state index contributed by atoms with van der Waals surface area (Å²) < 4.78 is 26.5. The molecule has 1 N–H and O–H groups in total. The lowest BCUT2D eigenvalue weighted by atomic mass is 10.0. The predicted molar refractivity (Wildman–Crippen MR) is 80.2 cm³/mol. The molecule has 2 rings (SSSR count). The number of benzene rings is 1. The largest absolute Gasteiger partial charge is 0.481 e. The average Bonchev–Trinajstić information content (AvgIpc) is 2.54. The maximum absolute atomic E-state index is 12.6. The van der Waals surface area contributed by atoms with Crippen molar-refractivity contribution in [2.75, 3.05) is 13.1 Å². The number of ketones is 1. The van der Waals surface area contributed by atoms with Gasteiger partial charge in [-0.25, -0.2) is 8.42 Å². The van der Waals surface area contributed by atoms with Crippen LogP contribution in [0, 0.1) is 5.92 Å². The Labute approximate surface area is 129 Å². The second-order valence-corrected chi connectivity index (χ2v) is 7.28. The van der Waals surface area contributed by atoms with Gasteiger partial charge in [-0.15, -0.1) is 0 Å². The molecule has 0 spiro atoms. The van der Waals surface area contributed by atoms with Crippen LogP contribution < -0.4 is 0 Å². The predicted octanol–water partition coefficient (Wildman–Crippen LogP) is 1.76. The van der Waals surface area contributed by atoms with Crippen LogP contribution in [0.4, 0.5) is 0 Å². The van der Waals surface area contributed by atoms with Crippen molar-refractivity contribution in [2.24, 2.45) is 5.92 Å². The third kappa shape index (κ3) is 3.36. The first-order chi connectivity index (χ1) is 10.4. The van der Waals surface area contributed by atoms with Crippen LogP contribution in [0.1, 0.15) is 36.5 Å². The van der Waals surface area contributed by atoms with E-state index in [-0.39, 0.29) is 17.2 Å². The number of nitrogens with zero attached hydrogens (tertiary/aromatic N) is 1. The van der Waals surface area contributed by atoms with E-state index in [2.05, 4.69) is 0 Å². The Balaban J connectivity index is 2.30.